The number of hydrogen-bond acceptors (Lipinski definition) is 3. The summed E-state index contributed by atoms with van der Waals surface area (Å²) < 4.78 is 0. The standard InChI is InChI=1S/C19H25N3O2/c20-11-12-22-19(24)17(13-14-7-3-1-2-4-8-14)15-9-5-6-10-16(15)18(21)23/h5-6,9-10,14,17H,1-4,7-8,12-13H2,(H2,21,23)(H,22,24). The van der Waals surface area contributed by atoms with Crippen LogP contribution in [-0.2, 0) is 4.79 Å². The summed E-state index contributed by atoms with van der Waals surface area (Å²) in [5.41, 5.74) is 6.55. The quantitative estimate of drug-likeness (QED) is 0.621. The number of nitriles is 1. The van der Waals surface area contributed by atoms with E-state index in [1.165, 1.54) is 25.7 Å². The van der Waals surface area contributed by atoms with E-state index in [-0.39, 0.29) is 12.5 Å². The summed E-state index contributed by atoms with van der Waals surface area (Å²) >= 11 is 0. The van der Waals surface area contributed by atoms with Crippen molar-refractivity contribution in [3.8, 4) is 6.07 Å². The highest BCUT2D eigenvalue weighted by atomic mass is 16.2. The van der Waals surface area contributed by atoms with Crippen molar-refractivity contribution in [2.75, 3.05) is 6.54 Å². The zero-order valence-electron chi connectivity index (χ0n) is 14.0. The van der Waals surface area contributed by atoms with Gasteiger partial charge in [0.05, 0.1) is 12.0 Å². The molecule has 5 heteroatoms. The van der Waals surface area contributed by atoms with Gasteiger partial charge in [0.15, 0.2) is 0 Å². The molecule has 2 rings (SSSR count). The van der Waals surface area contributed by atoms with Crippen molar-refractivity contribution < 1.29 is 9.59 Å². The first-order valence-corrected chi connectivity index (χ1v) is 8.67. The fourth-order valence-electron chi connectivity index (χ4n) is 3.58. The molecular formula is C19H25N3O2. The number of nitrogens with one attached hydrogen (secondary N) is 1. The minimum Gasteiger partial charge on any atom is -0.366 e. The molecule has 0 heterocycles. The van der Waals surface area contributed by atoms with Crippen molar-refractivity contribution in [1.82, 2.24) is 5.32 Å². The third-order valence-corrected chi connectivity index (χ3v) is 4.80. The molecule has 1 aliphatic carbocycles. The Morgan fingerprint density at radius 1 is 1.21 bits per heavy atom. The topological polar surface area (TPSA) is 96.0 Å². The van der Waals surface area contributed by atoms with Crippen LogP contribution >= 0.6 is 0 Å². The number of carbonyl (C=O) groups excluding carboxylic acids is 2. The molecule has 1 aromatic carbocycles. The van der Waals surface area contributed by atoms with Gasteiger partial charge in [-0.3, -0.25) is 9.59 Å². The van der Waals surface area contributed by atoms with Crippen molar-refractivity contribution in [3.63, 3.8) is 0 Å². The van der Waals surface area contributed by atoms with Gasteiger partial charge in [0.25, 0.3) is 0 Å². The highest BCUT2D eigenvalue weighted by Crippen LogP contribution is 2.33. The van der Waals surface area contributed by atoms with E-state index in [9.17, 15) is 9.59 Å². The average Bonchev–Trinajstić information content (AvgIpc) is 2.86. The number of hydrogen-bond donors (Lipinski definition) is 2. The lowest BCUT2D eigenvalue weighted by molar-refractivity contribution is -0.122. The number of carbonyl (C=O) groups is 2. The Morgan fingerprint density at radius 3 is 2.50 bits per heavy atom. The first-order valence-electron chi connectivity index (χ1n) is 8.67. The van der Waals surface area contributed by atoms with Gasteiger partial charge in [0.1, 0.15) is 6.54 Å². The molecule has 0 saturated heterocycles. The van der Waals surface area contributed by atoms with Crippen LogP contribution in [0.3, 0.4) is 0 Å². The zero-order valence-corrected chi connectivity index (χ0v) is 14.0. The minimum atomic E-state index is -0.524. The molecule has 0 radical (unpaired) electrons. The number of amides is 2. The van der Waals surface area contributed by atoms with Crippen LogP contribution in [0.5, 0.6) is 0 Å². The summed E-state index contributed by atoms with van der Waals surface area (Å²) in [6.07, 6.45) is 7.80. The molecular weight excluding hydrogens is 302 g/mol. The zero-order chi connectivity index (χ0) is 17.4. The van der Waals surface area contributed by atoms with Crippen LogP contribution in [0.25, 0.3) is 0 Å². The van der Waals surface area contributed by atoms with Crippen molar-refractivity contribution in [1.29, 1.82) is 5.26 Å². The lowest BCUT2D eigenvalue weighted by atomic mass is 9.82. The molecule has 5 nitrogen and oxygen atoms in total. The van der Waals surface area contributed by atoms with Gasteiger partial charge in [-0.15, -0.1) is 0 Å². The van der Waals surface area contributed by atoms with Gasteiger partial charge in [-0.2, -0.15) is 5.26 Å². The summed E-state index contributed by atoms with van der Waals surface area (Å²) in [7, 11) is 0. The lowest BCUT2D eigenvalue weighted by Gasteiger charge is -2.23. The van der Waals surface area contributed by atoms with Crippen LogP contribution in [0.1, 0.15) is 66.8 Å². The van der Waals surface area contributed by atoms with E-state index in [4.69, 9.17) is 11.0 Å². The van der Waals surface area contributed by atoms with Crippen LogP contribution in [0.15, 0.2) is 24.3 Å². The van der Waals surface area contributed by atoms with E-state index < -0.39 is 11.8 Å². The lowest BCUT2D eigenvalue weighted by Crippen LogP contribution is -2.32. The van der Waals surface area contributed by atoms with Gasteiger partial charge in [0, 0.05) is 5.56 Å². The summed E-state index contributed by atoms with van der Waals surface area (Å²) in [4.78, 5) is 24.4. The maximum atomic E-state index is 12.6. The highest BCUT2D eigenvalue weighted by molar-refractivity contribution is 5.97. The van der Waals surface area contributed by atoms with Crippen LogP contribution in [-0.4, -0.2) is 18.4 Å². The molecule has 1 fully saturated rings. The third kappa shape index (κ3) is 4.82. The molecule has 24 heavy (non-hydrogen) atoms. The Morgan fingerprint density at radius 2 is 1.88 bits per heavy atom. The molecule has 0 spiro atoms. The van der Waals surface area contributed by atoms with E-state index in [0.717, 1.165) is 12.8 Å². The summed E-state index contributed by atoms with van der Waals surface area (Å²) in [5, 5.41) is 11.4. The van der Waals surface area contributed by atoms with E-state index >= 15 is 0 Å². The number of nitrogens with two attached hydrogens (primary N) is 1. The Kier molecular flexibility index (Phi) is 6.80. The smallest absolute Gasteiger partial charge is 0.249 e. The number of primary amides is 1. The molecule has 1 unspecified atom stereocenters. The van der Waals surface area contributed by atoms with Gasteiger partial charge in [0.2, 0.25) is 11.8 Å². The molecule has 1 aliphatic rings. The number of benzene rings is 1. The molecule has 1 saturated carbocycles. The van der Waals surface area contributed by atoms with Gasteiger partial charge >= 0.3 is 0 Å². The van der Waals surface area contributed by atoms with Crippen molar-refractivity contribution in [2.45, 2.75) is 50.9 Å². The molecule has 0 aliphatic heterocycles. The van der Waals surface area contributed by atoms with Gasteiger partial charge < -0.3 is 11.1 Å². The Balaban J connectivity index is 2.27. The predicted octanol–water partition coefficient (Wildman–Crippen LogP) is 2.87. The average molecular weight is 327 g/mol. The second kappa shape index (κ2) is 9.07. The van der Waals surface area contributed by atoms with E-state index in [2.05, 4.69) is 5.32 Å². The molecule has 2 amide bonds. The summed E-state index contributed by atoms with van der Waals surface area (Å²) in [6.45, 7) is -0.0290. The normalized spacial score (nSPS) is 16.6. The minimum absolute atomic E-state index is 0.0290. The Labute approximate surface area is 143 Å². The summed E-state index contributed by atoms with van der Waals surface area (Å²) in [6, 6.07) is 8.96. The maximum absolute atomic E-state index is 12.6. The fraction of sp³-hybridized carbons (Fsp3) is 0.526. The summed E-state index contributed by atoms with van der Waals surface area (Å²) in [5.74, 6) is -0.699. The van der Waals surface area contributed by atoms with Crippen LogP contribution in [0.4, 0.5) is 0 Å². The second-order valence-electron chi connectivity index (χ2n) is 6.47. The third-order valence-electron chi connectivity index (χ3n) is 4.80. The van der Waals surface area contributed by atoms with Crippen molar-refractivity contribution >= 4 is 11.8 Å². The first kappa shape index (κ1) is 18.0. The van der Waals surface area contributed by atoms with Crippen LogP contribution in [0, 0.1) is 17.2 Å². The van der Waals surface area contributed by atoms with Crippen LogP contribution in [0.2, 0.25) is 0 Å². The SMILES string of the molecule is N#CCNC(=O)C(CC1CCCCCC1)c1ccccc1C(N)=O. The molecule has 1 aromatic rings. The number of nitrogens with zero attached hydrogens (tertiary/aromatic N) is 1. The van der Waals surface area contributed by atoms with Gasteiger partial charge in [-0.05, 0) is 24.0 Å². The fourth-order valence-corrected chi connectivity index (χ4v) is 3.58. The largest absolute Gasteiger partial charge is 0.366 e. The molecule has 0 aromatic heterocycles. The van der Waals surface area contributed by atoms with Crippen molar-refractivity contribution in [3.05, 3.63) is 35.4 Å². The van der Waals surface area contributed by atoms with E-state index in [0.29, 0.717) is 23.5 Å². The predicted molar refractivity (Wildman–Crippen MR) is 92.1 cm³/mol. The maximum Gasteiger partial charge on any atom is 0.249 e. The number of rotatable bonds is 6. The Hall–Kier alpha value is -2.35. The van der Waals surface area contributed by atoms with E-state index in [1.807, 2.05) is 12.1 Å². The van der Waals surface area contributed by atoms with E-state index in [1.54, 1.807) is 18.2 Å². The second-order valence-corrected chi connectivity index (χ2v) is 6.47. The molecule has 3 N–H and O–H groups in total. The molecule has 0 bridgehead atoms. The Bertz CT molecular complexity index is 613. The van der Waals surface area contributed by atoms with Gasteiger partial charge in [-0.25, -0.2) is 0 Å². The molecule has 1 atom stereocenters. The first-order chi connectivity index (χ1) is 11.6. The van der Waals surface area contributed by atoms with Crippen LogP contribution < -0.4 is 11.1 Å². The van der Waals surface area contributed by atoms with Gasteiger partial charge in [-0.1, -0.05) is 56.7 Å². The highest BCUT2D eigenvalue weighted by Gasteiger charge is 2.28. The molecule has 128 valence electrons. The monoisotopic (exact) mass is 327 g/mol. The van der Waals surface area contributed by atoms with Crippen molar-refractivity contribution in [2.24, 2.45) is 11.7 Å².